The topological polar surface area (TPSA) is 78.9 Å². The third-order valence-corrected chi connectivity index (χ3v) is 2.84. The van der Waals surface area contributed by atoms with E-state index in [1.165, 1.54) is 11.2 Å². The fraction of sp³-hybridized carbons (Fsp3) is 0.154. The van der Waals surface area contributed by atoms with Crippen LogP contribution in [0.15, 0.2) is 18.3 Å². The molecule has 0 N–H and O–H groups in total. The average Bonchev–Trinajstić information content (AvgIpc) is 2.47. The number of benzene rings is 1. The van der Waals surface area contributed by atoms with E-state index in [-0.39, 0.29) is 0 Å². The summed E-state index contributed by atoms with van der Waals surface area (Å²) in [6.45, 7) is 0. The molecule has 1 aromatic carbocycles. The Morgan fingerprint density at radius 1 is 1.20 bits per heavy atom. The maximum absolute atomic E-state index is 8.87. The van der Waals surface area contributed by atoms with Crippen LogP contribution in [-0.2, 0) is 16.0 Å². The summed E-state index contributed by atoms with van der Waals surface area (Å²) in [4.78, 5) is 5.47. The second kappa shape index (κ2) is 7.57. The molecule has 0 aliphatic rings. The minimum atomic E-state index is 0.339. The van der Waals surface area contributed by atoms with Crippen LogP contribution in [0.1, 0.15) is 5.56 Å². The van der Waals surface area contributed by atoms with Crippen LogP contribution < -0.4 is 9.47 Å². The predicted molar refractivity (Wildman–Crippen MR) is 70.2 cm³/mol. The molecule has 0 radical (unpaired) electrons. The summed E-state index contributed by atoms with van der Waals surface area (Å²) in [7, 11) is 3.09. The van der Waals surface area contributed by atoms with Crippen molar-refractivity contribution in [2.45, 2.75) is 0 Å². The van der Waals surface area contributed by atoms with Gasteiger partial charge >= 0.3 is 26.2 Å². The number of halogens is 1. The van der Waals surface area contributed by atoms with Crippen LogP contribution in [0.25, 0.3) is 10.9 Å². The van der Waals surface area contributed by atoms with Crippen LogP contribution in [0.5, 0.6) is 11.5 Å². The Kier molecular flexibility index (Phi) is 6.08. The van der Waals surface area contributed by atoms with Gasteiger partial charge in [0.2, 0.25) is 0 Å². The second-order valence-electron chi connectivity index (χ2n) is 3.39. The monoisotopic (exact) mass is 337 g/mol. The molecule has 0 atom stereocenters. The summed E-state index contributed by atoms with van der Waals surface area (Å²) < 4.78 is 10.3. The van der Waals surface area contributed by atoms with Gasteiger partial charge in [-0.2, -0.15) is 5.26 Å². The van der Waals surface area contributed by atoms with Crippen molar-refractivity contribution in [3.8, 4) is 22.5 Å². The van der Waals surface area contributed by atoms with Crippen molar-refractivity contribution < 1.29 is 25.5 Å². The Balaban J connectivity index is 0.000000612. The zero-order valence-corrected chi connectivity index (χ0v) is 12.3. The average molecular weight is 338 g/mol. The van der Waals surface area contributed by atoms with Gasteiger partial charge < -0.3 is 9.47 Å². The number of rotatable bonds is 2. The summed E-state index contributed by atoms with van der Waals surface area (Å²) in [5.41, 5.74) is 0.998. The normalized spacial score (nSPS) is 8.95. The van der Waals surface area contributed by atoms with Crippen molar-refractivity contribution in [2.75, 3.05) is 14.2 Å². The summed E-state index contributed by atoms with van der Waals surface area (Å²) >= 11 is 9.92. The Morgan fingerprint density at radius 3 is 2.25 bits per heavy atom. The molecule has 2 aromatic rings. The number of nitriles is 2. The third kappa shape index (κ3) is 3.31. The quantitative estimate of drug-likeness (QED) is 0.787. The zero-order chi connectivity index (χ0) is 15.1. The number of hydrogen-bond donors (Lipinski definition) is 0. The molecule has 0 unspecified atom stereocenters. The van der Waals surface area contributed by atoms with Gasteiger partial charge in [-0.15, -0.1) is 0 Å². The van der Waals surface area contributed by atoms with Crippen molar-refractivity contribution in [3.05, 3.63) is 28.9 Å². The van der Waals surface area contributed by atoms with Crippen LogP contribution in [0.4, 0.5) is 0 Å². The molecule has 0 aliphatic carbocycles. The van der Waals surface area contributed by atoms with Crippen molar-refractivity contribution in [2.24, 2.45) is 0 Å². The number of nitrogens with zero attached hydrogens (tertiary/aromatic N) is 3. The molecule has 0 saturated carbocycles. The molecule has 0 bridgehead atoms. The Bertz CT molecular complexity index is 707. The van der Waals surface area contributed by atoms with E-state index in [1.54, 1.807) is 26.4 Å². The van der Waals surface area contributed by atoms with Gasteiger partial charge in [0, 0.05) is 17.6 Å². The van der Waals surface area contributed by atoms with Crippen molar-refractivity contribution >= 4 is 22.5 Å². The van der Waals surface area contributed by atoms with Gasteiger partial charge in [0.1, 0.15) is 6.07 Å². The van der Waals surface area contributed by atoms with Gasteiger partial charge in [0.05, 0.1) is 30.3 Å². The minimum absolute atomic E-state index is 0.339. The first-order valence-corrected chi connectivity index (χ1v) is 6.04. The van der Waals surface area contributed by atoms with E-state index in [2.05, 4.69) is 21.0 Å². The number of pyridine rings is 1. The molecule has 5 nitrogen and oxygen atoms in total. The van der Waals surface area contributed by atoms with Gasteiger partial charge in [-0.25, -0.2) is 0 Å². The van der Waals surface area contributed by atoms with Gasteiger partial charge in [-0.1, -0.05) is 11.6 Å². The predicted octanol–water partition coefficient (Wildman–Crippen LogP) is 2.79. The van der Waals surface area contributed by atoms with E-state index < -0.39 is 0 Å². The standard InChI is InChI=1S/C12H9ClN2O2.CN.Cu/c1-16-10-3-8-9(4-11(10)17-2)15-6-7(5-14)12(8)13;1-2;/h3-4,6H,1-2H3;;. The number of methoxy groups -OCH3 is 2. The van der Waals surface area contributed by atoms with E-state index in [0.717, 1.165) is 0 Å². The Hall–Kier alpha value is -1.98. The van der Waals surface area contributed by atoms with Gasteiger partial charge in [0.15, 0.2) is 11.5 Å². The first-order valence-electron chi connectivity index (χ1n) is 5.19. The SMILES string of the molecule is COc1cc2ncc(C#N)c(Cl)c2cc1OC.N#[C][Cu]. The summed E-state index contributed by atoms with van der Waals surface area (Å²) in [5, 5.41) is 17.0. The fourth-order valence-corrected chi connectivity index (χ4v) is 1.81. The van der Waals surface area contributed by atoms with Crippen molar-refractivity contribution in [1.29, 1.82) is 10.5 Å². The number of fused-ring (bicyclic) bond motifs is 1. The van der Waals surface area contributed by atoms with E-state index in [9.17, 15) is 0 Å². The molecule has 0 amide bonds. The van der Waals surface area contributed by atoms with Crippen LogP contribution >= 0.6 is 11.6 Å². The van der Waals surface area contributed by atoms with Crippen LogP contribution in [0.2, 0.25) is 5.02 Å². The second-order valence-corrected chi connectivity index (χ2v) is 3.98. The Labute approximate surface area is 129 Å². The van der Waals surface area contributed by atoms with E-state index in [1.807, 2.05) is 6.07 Å². The van der Waals surface area contributed by atoms with Crippen LogP contribution in [0.3, 0.4) is 0 Å². The molecule has 7 heteroatoms. The molecule has 0 fully saturated rings. The summed E-state index contributed by atoms with van der Waals surface area (Å²) in [6.07, 6.45) is 1.44. The Morgan fingerprint density at radius 2 is 1.75 bits per heavy atom. The molecule has 2 rings (SSSR count). The zero-order valence-electron chi connectivity index (χ0n) is 10.6. The van der Waals surface area contributed by atoms with Crippen molar-refractivity contribution in [3.63, 3.8) is 0 Å². The van der Waals surface area contributed by atoms with Gasteiger partial charge in [0.25, 0.3) is 0 Å². The first-order chi connectivity index (χ1) is 9.62. The van der Waals surface area contributed by atoms with Gasteiger partial charge in [-0.3, -0.25) is 4.98 Å². The van der Waals surface area contributed by atoms with Crippen molar-refractivity contribution in [1.82, 2.24) is 4.98 Å². The van der Waals surface area contributed by atoms with Crippen LogP contribution in [0, 0.1) is 21.6 Å². The molecule has 20 heavy (non-hydrogen) atoms. The molecule has 1 heterocycles. The summed E-state index contributed by atoms with van der Waals surface area (Å²) in [6, 6.07) is 5.42. The maximum atomic E-state index is 8.87. The number of aromatic nitrogens is 1. The fourth-order valence-electron chi connectivity index (χ4n) is 1.56. The molecular formula is C13H9ClCuN3O2. The van der Waals surface area contributed by atoms with E-state index >= 15 is 0 Å². The van der Waals surface area contributed by atoms with Gasteiger partial charge in [-0.05, 0) is 6.07 Å². The summed E-state index contributed by atoms with van der Waals surface area (Å²) in [5.74, 6) is 1.13. The molecule has 0 aliphatic heterocycles. The van der Waals surface area contributed by atoms with E-state index in [0.29, 0.717) is 33.0 Å². The third-order valence-electron chi connectivity index (χ3n) is 2.43. The molecule has 0 spiro atoms. The van der Waals surface area contributed by atoms with Crippen LogP contribution in [-0.4, -0.2) is 19.2 Å². The van der Waals surface area contributed by atoms with E-state index in [4.69, 9.17) is 31.6 Å². The molecule has 106 valence electrons. The first kappa shape index (κ1) is 16.1. The molecule has 0 saturated heterocycles. The number of ether oxygens (including phenoxy) is 2. The number of hydrogen-bond acceptors (Lipinski definition) is 5. The molecule has 1 aromatic heterocycles. The molecular weight excluding hydrogens is 329 g/mol.